The van der Waals surface area contributed by atoms with E-state index in [1.807, 2.05) is 33.9 Å². The van der Waals surface area contributed by atoms with Gasteiger partial charge in [0.15, 0.2) is 0 Å². The van der Waals surface area contributed by atoms with Gasteiger partial charge in [-0.05, 0) is 56.2 Å². The first-order valence-corrected chi connectivity index (χ1v) is 9.37. The van der Waals surface area contributed by atoms with E-state index in [9.17, 15) is 4.39 Å². The Hall–Kier alpha value is -3.21. The van der Waals surface area contributed by atoms with E-state index in [-0.39, 0.29) is 5.82 Å². The van der Waals surface area contributed by atoms with Crippen molar-refractivity contribution in [3.05, 3.63) is 84.0 Å². The van der Waals surface area contributed by atoms with Crippen LogP contribution in [0.15, 0.2) is 60.9 Å². The van der Waals surface area contributed by atoms with Gasteiger partial charge in [0.1, 0.15) is 17.5 Å². The van der Waals surface area contributed by atoms with E-state index >= 15 is 0 Å². The molecule has 4 nitrogen and oxygen atoms in total. The van der Waals surface area contributed by atoms with Crippen LogP contribution in [0.4, 0.5) is 4.39 Å². The topological polar surface area (TPSA) is 57.4 Å². The lowest BCUT2D eigenvalue weighted by Crippen LogP contribution is -1.78. The van der Waals surface area contributed by atoms with Gasteiger partial charge in [-0.1, -0.05) is 43.7 Å². The van der Waals surface area contributed by atoms with Gasteiger partial charge in [-0.3, -0.25) is 0 Å². The predicted molar refractivity (Wildman–Crippen MR) is 114 cm³/mol. The fraction of sp³-hybridized carbons (Fsp3) is 0.217. The maximum Gasteiger partial charge on any atom is 0.123 e. The van der Waals surface area contributed by atoms with Crippen LogP contribution < -0.4 is 0 Å². The Morgan fingerprint density at radius 2 is 1.04 bits per heavy atom. The Morgan fingerprint density at radius 3 is 1.39 bits per heavy atom. The largest absolute Gasteiger partial charge is 0.342 e. The minimum Gasteiger partial charge on any atom is -0.342 e. The molecule has 0 bridgehead atoms. The molecule has 5 heteroatoms. The maximum atomic E-state index is 12.6. The molecule has 4 aromatic rings. The van der Waals surface area contributed by atoms with Gasteiger partial charge in [0.25, 0.3) is 0 Å². The van der Waals surface area contributed by atoms with E-state index in [0.717, 1.165) is 28.6 Å². The number of nitrogens with zero attached hydrogens (tertiary/aromatic N) is 2. The summed E-state index contributed by atoms with van der Waals surface area (Å²) in [5.74, 6) is 1.59. The van der Waals surface area contributed by atoms with Gasteiger partial charge in [0.05, 0.1) is 23.8 Å². The van der Waals surface area contributed by atoms with Crippen molar-refractivity contribution in [1.82, 2.24) is 19.9 Å². The zero-order chi connectivity index (χ0) is 20.5. The third-order valence-corrected chi connectivity index (χ3v) is 3.92. The lowest BCUT2D eigenvalue weighted by Gasteiger charge is -1.97. The molecular formula is C23H27FN4. The predicted octanol–water partition coefficient (Wildman–Crippen LogP) is 6.24. The molecule has 0 saturated carbocycles. The van der Waals surface area contributed by atoms with E-state index in [1.54, 1.807) is 18.3 Å². The van der Waals surface area contributed by atoms with Crippen molar-refractivity contribution in [2.75, 3.05) is 0 Å². The average molecular weight is 378 g/mol. The molecule has 28 heavy (non-hydrogen) atoms. The second-order valence-electron chi connectivity index (χ2n) is 6.14. The first-order chi connectivity index (χ1) is 13.5. The SMILES string of the molecule is CC.Cc1ccc(-c2cnc(C)[nH]2)cc1.Cc1ncc(-c2ccc(F)cc2)[nH]1. The van der Waals surface area contributed by atoms with Gasteiger partial charge in [-0.2, -0.15) is 0 Å². The van der Waals surface area contributed by atoms with Gasteiger partial charge >= 0.3 is 0 Å². The summed E-state index contributed by atoms with van der Waals surface area (Å²) in [6.07, 6.45) is 3.60. The van der Waals surface area contributed by atoms with Crippen molar-refractivity contribution >= 4 is 0 Å². The number of nitrogens with one attached hydrogen (secondary N) is 2. The highest BCUT2D eigenvalue weighted by Gasteiger charge is 2.00. The lowest BCUT2D eigenvalue weighted by molar-refractivity contribution is 0.628. The second kappa shape index (κ2) is 10.2. The van der Waals surface area contributed by atoms with Crippen LogP contribution in [0.5, 0.6) is 0 Å². The molecule has 0 spiro atoms. The Kier molecular flexibility index (Phi) is 7.69. The molecule has 0 aliphatic rings. The molecule has 0 amide bonds. The molecule has 0 aliphatic heterocycles. The molecule has 146 valence electrons. The first kappa shape index (κ1) is 21.1. The first-order valence-electron chi connectivity index (χ1n) is 9.37. The van der Waals surface area contributed by atoms with Crippen molar-refractivity contribution in [3.8, 4) is 22.5 Å². The van der Waals surface area contributed by atoms with Gasteiger partial charge in [0, 0.05) is 0 Å². The molecule has 0 unspecified atom stereocenters. The van der Waals surface area contributed by atoms with Crippen molar-refractivity contribution in [3.63, 3.8) is 0 Å². The van der Waals surface area contributed by atoms with E-state index < -0.39 is 0 Å². The zero-order valence-electron chi connectivity index (χ0n) is 17.0. The maximum absolute atomic E-state index is 12.6. The number of H-pyrrole nitrogens is 2. The molecule has 0 saturated heterocycles. The Labute approximate surface area is 165 Å². The van der Waals surface area contributed by atoms with Crippen molar-refractivity contribution in [2.45, 2.75) is 34.6 Å². The summed E-state index contributed by atoms with van der Waals surface area (Å²) in [7, 11) is 0. The molecule has 2 aromatic carbocycles. The van der Waals surface area contributed by atoms with Crippen molar-refractivity contribution < 1.29 is 4.39 Å². The fourth-order valence-corrected chi connectivity index (χ4v) is 2.50. The van der Waals surface area contributed by atoms with Crippen LogP contribution >= 0.6 is 0 Å². The minimum atomic E-state index is -0.222. The summed E-state index contributed by atoms with van der Waals surface area (Å²) in [5.41, 5.74) is 5.41. The quantitative estimate of drug-likeness (QED) is 0.433. The molecule has 2 heterocycles. The Morgan fingerprint density at radius 1 is 0.643 bits per heavy atom. The molecule has 2 aromatic heterocycles. The normalized spacial score (nSPS) is 9.79. The third kappa shape index (κ3) is 5.91. The van der Waals surface area contributed by atoms with Crippen LogP contribution in [0.3, 0.4) is 0 Å². The highest BCUT2D eigenvalue weighted by Crippen LogP contribution is 2.17. The standard InChI is InChI=1S/C11H12N2.C10H9FN2.C2H6/c1-8-3-5-10(6-4-8)11-7-12-9(2)13-11;1-7-12-6-10(13-7)8-2-4-9(11)5-3-8;1-2/h3-7H,1-2H3,(H,12,13);2-6H,1H3,(H,12,13);1-2H3. The van der Waals surface area contributed by atoms with Gasteiger partial charge in [-0.15, -0.1) is 0 Å². The van der Waals surface area contributed by atoms with Crippen LogP contribution in [0.25, 0.3) is 22.5 Å². The summed E-state index contributed by atoms with van der Waals surface area (Å²) in [5, 5.41) is 0. The summed E-state index contributed by atoms with van der Waals surface area (Å²) < 4.78 is 12.6. The van der Waals surface area contributed by atoms with E-state index in [1.165, 1.54) is 23.3 Å². The van der Waals surface area contributed by atoms with E-state index in [4.69, 9.17) is 0 Å². The highest BCUT2D eigenvalue weighted by molar-refractivity contribution is 5.59. The van der Waals surface area contributed by atoms with E-state index in [2.05, 4.69) is 51.1 Å². The number of aromatic nitrogens is 4. The zero-order valence-corrected chi connectivity index (χ0v) is 17.0. The van der Waals surface area contributed by atoms with Crippen LogP contribution in [-0.2, 0) is 0 Å². The van der Waals surface area contributed by atoms with Crippen molar-refractivity contribution in [2.24, 2.45) is 0 Å². The molecule has 0 fully saturated rings. The van der Waals surface area contributed by atoms with Gasteiger partial charge < -0.3 is 9.97 Å². The molecule has 4 rings (SSSR count). The number of aromatic amines is 2. The number of hydrogen-bond donors (Lipinski definition) is 2. The minimum absolute atomic E-state index is 0.222. The number of hydrogen-bond acceptors (Lipinski definition) is 2. The molecule has 0 atom stereocenters. The third-order valence-electron chi connectivity index (χ3n) is 3.92. The molecule has 2 N–H and O–H groups in total. The van der Waals surface area contributed by atoms with Gasteiger partial charge in [-0.25, -0.2) is 14.4 Å². The summed E-state index contributed by atoms with van der Waals surface area (Å²) in [6, 6.07) is 14.7. The average Bonchev–Trinajstić information content (AvgIpc) is 3.34. The number of imidazole rings is 2. The number of halogens is 1. The van der Waals surface area contributed by atoms with Crippen LogP contribution in [-0.4, -0.2) is 19.9 Å². The van der Waals surface area contributed by atoms with Gasteiger partial charge in [0.2, 0.25) is 0 Å². The lowest BCUT2D eigenvalue weighted by atomic mass is 10.1. The Balaban J connectivity index is 0.000000184. The Bertz CT molecular complexity index is 885. The molecule has 0 radical (unpaired) electrons. The monoisotopic (exact) mass is 378 g/mol. The van der Waals surface area contributed by atoms with Crippen LogP contribution in [0.2, 0.25) is 0 Å². The second-order valence-corrected chi connectivity index (χ2v) is 6.14. The van der Waals surface area contributed by atoms with E-state index in [0.29, 0.717) is 0 Å². The number of rotatable bonds is 2. The molecule has 0 aliphatic carbocycles. The highest BCUT2D eigenvalue weighted by atomic mass is 19.1. The summed E-state index contributed by atoms with van der Waals surface area (Å²) in [4.78, 5) is 14.5. The summed E-state index contributed by atoms with van der Waals surface area (Å²) in [6.45, 7) is 9.92. The van der Waals surface area contributed by atoms with Crippen LogP contribution in [0.1, 0.15) is 31.1 Å². The number of benzene rings is 2. The van der Waals surface area contributed by atoms with Crippen LogP contribution in [0, 0.1) is 26.6 Å². The summed E-state index contributed by atoms with van der Waals surface area (Å²) >= 11 is 0. The fourth-order valence-electron chi connectivity index (χ4n) is 2.50. The van der Waals surface area contributed by atoms with Crippen molar-refractivity contribution in [1.29, 1.82) is 0 Å². The number of aryl methyl sites for hydroxylation is 3. The molecular weight excluding hydrogens is 351 g/mol. The smallest absolute Gasteiger partial charge is 0.123 e.